The lowest BCUT2D eigenvalue weighted by atomic mass is 10.1. The summed E-state index contributed by atoms with van der Waals surface area (Å²) in [7, 11) is 0. The second kappa shape index (κ2) is 6.51. The number of urea groups is 1. The number of nitrogens with two attached hydrogens (primary N) is 1. The predicted molar refractivity (Wildman–Crippen MR) is 81.2 cm³/mol. The van der Waals surface area contributed by atoms with Crippen molar-refractivity contribution in [3.63, 3.8) is 0 Å². The van der Waals surface area contributed by atoms with Crippen LogP contribution in [0.2, 0.25) is 10.0 Å². The van der Waals surface area contributed by atoms with Crippen LogP contribution in [0.15, 0.2) is 12.1 Å². The van der Waals surface area contributed by atoms with Gasteiger partial charge in [0.1, 0.15) is 0 Å². The molecule has 1 atom stereocenters. The summed E-state index contributed by atoms with van der Waals surface area (Å²) in [6.07, 6.45) is 1.68. The number of carboxylic acids is 1. The minimum absolute atomic E-state index is 0.0395. The van der Waals surface area contributed by atoms with Crippen molar-refractivity contribution in [1.82, 2.24) is 4.90 Å². The highest BCUT2D eigenvalue weighted by Gasteiger charge is 2.24. The van der Waals surface area contributed by atoms with E-state index in [4.69, 9.17) is 28.9 Å². The fourth-order valence-electron chi connectivity index (χ4n) is 2.25. The summed E-state index contributed by atoms with van der Waals surface area (Å²) in [6, 6.07) is 2.14. The molecule has 0 radical (unpaired) electrons. The summed E-state index contributed by atoms with van der Waals surface area (Å²) in [5.74, 6) is -1.22. The molecule has 1 heterocycles. The van der Waals surface area contributed by atoms with Crippen LogP contribution in [-0.2, 0) is 0 Å². The molecule has 1 aliphatic heterocycles. The first-order valence-corrected chi connectivity index (χ1v) is 7.18. The Morgan fingerprint density at radius 2 is 2.10 bits per heavy atom. The van der Waals surface area contributed by atoms with E-state index in [0.29, 0.717) is 13.1 Å². The van der Waals surface area contributed by atoms with Gasteiger partial charge in [0.05, 0.1) is 16.3 Å². The van der Waals surface area contributed by atoms with E-state index in [1.165, 1.54) is 12.1 Å². The number of piperidine rings is 1. The van der Waals surface area contributed by atoms with E-state index in [9.17, 15) is 14.7 Å². The average molecular weight is 332 g/mol. The second-order valence-corrected chi connectivity index (χ2v) is 5.74. The van der Waals surface area contributed by atoms with E-state index >= 15 is 0 Å². The first-order valence-electron chi connectivity index (χ1n) is 6.42. The zero-order valence-electron chi connectivity index (χ0n) is 11.1. The lowest BCUT2D eigenvalue weighted by Crippen LogP contribution is -2.47. The Morgan fingerprint density at radius 1 is 1.38 bits per heavy atom. The van der Waals surface area contributed by atoms with Crippen LogP contribution >= 0.6 is 23.2 Å². The number of carbonyl (C=O) groups excluding carboxylic acids is 1. The van der Waals surface area contributed by atoms with E-state index in [1.807, 2.05) is 0 Å². The molecule has 1 aromatic rings. The molecule has 1 saturated heterocycles. The van der Waals surface area contributed by atoms with Crippen LogP contribution in [0.5, 0.6) is 0 Å². The van der Waals surface area contributed by atoms with Crippen molar-refractivity contribution < 1.29 is 14.7 Å². The zero-order valence-corrected chi connectivity index (χ0v) is 12.6. The van der Waals surface area contributed by atoms with Crippen LogP contribution in [0.25, 0.3) is 0 Å². The third-order valence-corrected chi connectivity index (χ3v) is 3.78. The van der Waals surface area contributed by atoms with Crippen LogP contribution in [0, 0.1) is 0 Å². The van der Waals surface area contributed by atoms with Gasteiger partial charge in [-0.1, -0.05) is 23.2 Å². The van der Waals surface area contributed by atoms with Gasteiger partial charge in [-0.2, -0.15) is 0 Å². The number of rotatable bonds is 2. The highest BCUT2D eigenvalue weighted by atomic mass is 35.5. The summed E-state index contributed by atoms with van der Waals surface area (Å²) in [5.41, 5.74) is 5.71. The maximum atomic E-state index is 12.2. The average Bonchev–Trinajstić information content (AvgIpc) is 2.41. The Balaban J connectivity index is 2.22. The molecule has 0 spiro atoms. The van der Waals surface area contributed by atoms with E-state index in [1.54, 1.807) is 4.90 Å². The van der Waals surface area contributed by atoms with E-state index < -0.39 is 12.0 Å². The minimum atomic E-state index is -1.22. The highest BCUT2D eigenvalue weighted by Crippen LogP contribution is 2.30. The Morgan fingerprint density at radius 3 is 2.71 bits per heavy atom. The fourth-order valence-corrected chi connectivity index (χ4v) is 2.79. The van der Waals surface area contributed by atoms with Gasteiger partial charge in [0.25, 0.3) is 0 Å². The number of aromatic carboxylic acids is 1. The molecule has 0 aromatic heterocycles. The number of anilines is 1. The second-order valence-electron chi connectivity index (χ2n) is 4.89. The van der Waals surface area contributed by atoms with Crippen molar-refractivity contribution in [2.75, 3.05) is 18.4 Å². The summed E-state index contributed by atoms with van der Waals surface area (Å²) in [4.78, 5) is 25.0. The zero-order chi connectivity index (χ0) is 15.6. The molecule has 1 unspecified atom stereocenters. The standard InChI is InChI=1S/C13H15Cl2N3O3/c14-7-4-9(12(19)20)11(10(15)5-7)17-13(21)18-3-1-2-8(16)6-18/h4-5,8H,1-3,6,16H2,(H,17,21)(H,19,20). The Hall–Kier alpha value is -1.50. The summed E-state index contributed by atoms with van der Waals surface area (Å²) >= 11 is 11.8. The van der Waals surface area contributed by atoms with Crippen LogP contribution in [0.1, 0.15) is 23.2 Å². The van der Waals surface area contributed by atoms with Crippen molar-refractivity contribution >= 4 is 40.9 Å². The molecule has 0 saturated carbocycles. The van der Waals surface area contributed by atoms with E-state index in [-0.39, 0.29) is 27.3 Å². The topological polar surface area (TPSA) is 95.7 Å². The molecule has 2 amide bonds. The lowest BCUT2D eigenvalue weighted by Gasteiger charge is -2.31. The van der Waals surface area contributed by atoms with Gasteiger partial charge < -0.3 is 21.1 Å². The maximum Gasteiger partial charge on any atom is 0.337 e. The van der Waals surface area contributed by atoms with Crippen LogP contribution < -0.4 is 11.1 Å². The molecule has 8 heteroatoms. The van der Waals surface area contributed by atoms with Gasteiger partial charge in [-0.3, -0.25) is 0 Å². The number of halogens is 2. The number of carbonyl (C=O) groups is 2. The Kier molecular flexibility index (Phi) is 4.92. The highest BCUT2D eigenvalue weighted by molar-refractivity contribution is 6.37. The number of carboxylic acid groups (broad SMARTS) is 1. The summed E-state index contributed by atoms with van der Waals surface area (Å²) in [6.45, 7) is 1.01. The SMILES string of the molecule is NC1CCCN(C(=O)Nc2c(Cl)cc(Cl)cc2C(=O)O)C1. The minimum Gasteiger partial charge on any atom is -0.478 e. The normalized spacial score (nSPS) is 18.4. The van der Waals surface area contributed by atoms with Crippen molar-refractivity contribution in [2.45, 2.75) is 18.9 Å². The number of benzene rings is 1. The van der Waals surface area contributed by atoms with Gasteiger partial charge in [-0.05, 0) is 25.0 Å². The lowest BCUT2D eigenvalue weighted by molar-refractivity contribution is 0.0698. The summed E-state index contributed by atoms with van der Waals surface area (Å²) < 4.78 is 0. The largest absolute Gasteiger partial charge is 0.478 e. The molecule has 1 aliphatic rings. The quantitative estimate of drug-likeness (QED) is 0.776. The van der Waals surface area contributed by atoms with Crippen LogP contribution in [0.3, 0.4) is 0 Å². The third-order valence-electron chi connectivity index (χ3n) is 3.26. The van der Waals surface area contributed by atoms with Crippen LogP contribution in [0.4, 0.5) is 10.5 Å². The molecular formula is C13H15Cl2N3O3. The number of hydrogen-bond donors (Lipinski definition) is 3. The molecule has 114 valence electrons. The van der Waals surface area contributed by atoms with Gasteiger partial charge in [0.15, 0.2) is 0 Å². The van der Waals surface area contributed by atoms with Gasteiger partial charge in [-0.25, -0.2) is 9.59 Å². The molecule has 1 aromatic carbocycles. The van der Waals surface area contributed by atoms with Gasteiger partial charge in [-0.15, -0.1) is 0 Å². The number of hydrogen-bond acceptors (Lipinski definition) is 3. The number of amides is 2. The first-order chi connectivity index (χ1) is 9.88. The van der Waals surface area contributed by atoms with E-state index in [2.05, 4.69) is 5.32 Å². The van der Waals surface area contributed by atoms with Gasteiger partial charge in [0, 0.05) is 24.2 Å². The molecule has 21 heavy (non-hydrogen) atoms. The van der Waals surface area contributed by atoms with Crippen molar-refractivity contribution in [3.05, 3.63) is 27.7 Å². The molecule has 6 nitrogen and oxygen atoms in total. The summed E-state index contributed by atoms with van der Waals surface area (Å²) in [5, 5.41) is 12.0. The van der Waals surface area contributed by atoms with Crippen molar-refractivity contribution in [3.8, 4) is 0 Å². The molecule has 4 N–H and O–H groups in total. The molecule has 2 rings (SSSR count). The number of nitrogens with zero attached hydrogens (tertiary/aromatic N) is 1. The maximum absolute atomic E-state index is 12.2. The van der Waals surface area contributed by atoms with Gasteiger partial charge >= 0.3 is 12.0 Å². The molecule has 1 fully saturated rings. The molecular weight excluding hydrogens is 317 g/mol. The number of likely N-dealkylation sites (tertiary alicyclic amines) is 1. The monoisotopic (exact) mass is 331 g/mol. The predicted octanol–water partition coefficient (Wildman–Crippen LogP) is 2.65. The fraction of sp³-hybridized carbons (Fsp3) is 0.385. The van der Waals surface area contributed by atoms with E-state index in [0.717, 1.165) is 12.8 Å². The number of nitrogens with one attached hydrogen (secondary N) is 1. The van der Waals surface area contributed by atoms with Crippen LogP contribution in [-0.4, -0.2) is 41.1 Å². The third kappa shape index (κ3) is 3.78. The molecule has 0 bridgehead atoms. The Labute approximate surface area is 131 Å². The smallest absolute Gasteiger partial charge is 0.337 e. The molecule has 0 aliphatic carbocycles. The first kappa shape index (κ1) is 15.9. The van der Waals surface area contributed by atoms with Crippen molar-refractivity contribution in [2.24, 2.45) is 5.73 Å². The Bertz CT molecular complexity index is 580. The van der Waals surface area contributed by atoms with Crippen molar-refractivity contribution in [1.29, 1.82) is 0 Å². The van der Waals surface area contributed by atoms with Gasteiger partial charge in [0.2, 0.25) is 0 Å².